The third kappa shape index (κ3) is 2.49. The average Bonchev–Trinajstić information content (AvgIpc) is 2.86. The number of hydrogen-bond donors (Lipinski definition) is 0. The summed E-state index contributed by atoms with van der Waals surface area (Å²) >= 11 is 0. The maximum atomic E-state index is 12.0. The summed E-state index contributed by atoms with van der Waals surface area (Å²) in [5.74, 6) is 0.484. The zero-order chi connectivity index (χ0) is 12.6. The molecule has 0 bridgehead atoms. The van der Waals surface area contributed by atoms with Gasteiger partial charge in [0.25, 0.3) is 0 Å². The summed E-state index contributed by atoms with van der Waals surface area (Å²) in [6.07, 6.45) is 2.47. The SMILES string of the molecule is CC(C)C(=O)N1CCC2(CCN(C(C)C)C2)C1. The maximum Gasteiger partial charge on any atom is 0.225 e. The minimum Gasteiger partial charge on any atom is -0.342 e. The van der Waals surface area contributed by atoms with Crippen LogP contribution in [0.5, 0.6) is 0 Å². The van der Waals surface area contributed by atoms with Gasteiger partial charge in [-0.25, -0.2) is 0 Å². The Morgan fingerprint density at radius 1 is 1.06 bits per heavy atom. The van der Waals surface area contributed by atoms with E-state index in [1.165, 1.54) is 25.9 Å². The number of nitrogens with zero attached hydrogens (tertiary/aromatic N) is 2. The van der Waals surface area contributed by atoms with Gasteiger partial charge in [0.1, 0.15) is 0 Å². The molecule has 2 rings (SSSR count). The highest BCUT2D eigenvalue weighted by Gasteiger charge is 2.45. The molecule has 1 atom stereocenters. The third-order valence-electron chi connectivity index (χ3n) is 4.44. The lowest BCUT2D eigenvalue weighted by molar-refractivity contribution is -0.133. The van der Waals surface area contributed by atoms with Crippen molar-refractivity contribution in [2.24, 2.45) is 11.3 Å². The molecule has 0 aromatic heterocycles. The van der Waals surface area contributed by atoms with Gasteiger partial charge in [-0.2, -0.15) is 0 Å². The van der Waals surface area contributed by atoms with Crippen LogP contribution in [0, 0.1) is 11.3 Å². The van der Waals surface area contributed by atoms with E-state index in [-0.39, 0.29) is 5.92 Å². The molecule has 2 aliphatic rings. The third-order valence-corrected chi connectivity index (χ3v) is 4.44. The number of carbonyl (C=O) groups is 1. The smallest absolute Gasteiger partial charge is 0.225 e. The van der Waals surface area contributed by atoms with Crippen LogP contribution in [0.3, 0.4) is 0 Å². The molecule has 2 saturated heterocycles. The molecule has 3 heteroatoms. The highest BCUT2D eigenvalue weighted by Crippen LogP contribution is 2.40. The Balaban J connectivity index is 1.96. The van der Waals surface area contributed by atoms with Crippen LogP contribution >= 0.6 is 0 Å². The van der Waals surface area contributed by atoms with E-state index in [1.54, 1.807) is 0 Å². The van der Waals surface area contributed by atoms with Crippen molar-refractivity contribution >= 4 is 5.91 Å². The van der Waals surface area contributed by atoms with Crippen molar-refractivity contribution in [3.63, 3.8) is 0 Å². The summed E-state index contributed by atoms with van der Waals surface area (Å²) in [5, 5.41) is 0. The van der Waals surface area contributed by atoms with Crippen LogP contribution in [-0.4, -0.2) is 47.9 Å². The fraction of sp³-hybridized carbons (Fsp3) is 0.929. The van der Waals surface area contributed by atoms with Gasteiger partial charge in [0.15, 0.2) is 0 Å². The van der Waals surface area contributed by atoms with Crippen molar-refractivity contribution < 1.29 is 4.79 Å². The second-order valence-electron chi connectivity index (χ2n) is 6.48. The van der Waals surface area contributed by atoms with E-state index in [9.17, 15) is 4.79 Å². The average molecular weight is 238 g/mol. The summed E-state index contributed by atoms with van der Waals surface area (Å²) in [5.41, 5.74) is 0.412. The van der Waals surface area contributed by atoms with Gasteiger partial charge in [-0.1, -0.05) is 13.8 Å². The van der Waals surface area contributed by atoms with Gasteiger partial charge in [0, 0.05) is 37.0 Å². The van der Waals surface area contributed by atoms with Crippen LogP contribution in [0.2, 0.25) is 0 Å². The van der Waals surface area contributed by atoms with E-state index in [1.807, 2.05) is 13.8 Å². The molecule has 2 aliphatic heterocycles. The lowest BCUT2D eigenvalue weighted by Gasteiger charge is -2.27. The fourth-order valence-corrected chi connectivity index (χ4v) is 3.23. The largest absolute Gasteiger partial charge is 0.342 e. The Morgan fingerprint density at radius 3 is 2.24 bits per heavy atom. The number of rotatable bonds is 2. The van der Waals surface area contributed by atoms with Crippen molar-refractivity contribution in [3.05, 3.63) is 0 Å². The molecule has 1 amide bonds. The first-order valence-electron chi connectivity index (χ1n) is 6.96. The fourth-order valence-electron chi connectivity index (χ4n) is 3.23. The van der Waals surface area contributed by atoms with Crippen molar-refractivity contribution in [3.8, 4) is 0 Å². The topological polar surface area (TPSA) is 23.6 Å². The summed E-state index contributed by atoms with van der Waals surface area (Å²) in [6, 6.07) is 0.643. The van der Waals surface area contributed by atoms with Crippen molar-refractivity contribution in [1.82, 2.24) is 9.80 Å². The minimum atomic E-state index is 0.146. The molecule has 2 heterocycles. The van der Waals surface area contributed by atoms with E-state index in [0.29, 0.717) is 17.4 Å². The first kappa shape index (κ1) is 12.9. The highest BCUT2D eigenvalue weighted by molar-refractivity contribution is 5.78. The van der Waals surface area contributed by atoms with Gasteiger partial charge >= 0.3 is 0 Å². The molecule has 0 N–H and O–H groups in total. The second-order valence-corrected chi connectivity index (χ2v) is 6.48. The molecule has 1 spiro atoms. The molecule has 98 valence electrons. The van der Waals surface area contributed by atoms with Gasteiger partial charge in [0.05, 0.1) is 0 Å². The molecule has 1 unspecified atom stereocenters. The van der Waals surface area contributed by atoms with Gasteiger partial charge in [-0.3, -0.25) is 4.79 Å². The molecule has 0 aromatic carbocycles. The molecule has 0 aromatic rings. The predicted octanol–water partition coefficient (Wildman–Crippen LogP) is 1.98. The molecule has 2 fully saturated rings. The van der Waals surface area contributed by atoms with Crippen molar-refractivity contribution in [1.29, 1.82) is 0 Å². The Morgan fingerprint density at radius 2 is 1.71 bits per heavy atom. The zero-order valence-corrected chi connectivity index (χ0v) is 11.7. The number of hydrogen-bond acceptors (Lipinski definition) is 2. The monoisotopic (exact) mass is 238 g/mol. The normalized spacial score (nSPS) is 30.1. The molecular weight excluding hydrogens is 212 g/mol. The highest BCUT2D eigenvalue weighted by atomic mass is 16.2. The molecule has 0 radical (unpaired) electrons. The number of amides is 1. The summed E-state index contributed by atoms with van der Waals surface area (Å²) in [4.78, 5) is 16.7. The summed E-state index contributed by atoms with van der Waals surface area (Å²) in [7, 11) is 0. The van der Waals surface area contributed by atoms with Crippen LogP contribution in [-0.2, 0) is 4.79 Å². The zero-order valence-electron chi connectivity index (χ0n) is 11.7. The minimum absolute atomic E-state index is 0.146. The number of likely N-dealkylation sites (tertiary alicyclic amines) is 2. The predicted molar refractivity (Wildman–Crippen MR) is 69.8 cm³/mol. The van der Waals surface area contributed by atoms with Gasteiger partial charge < -0.3 is 9.80 Å². The quantitative estimate of drug-likeness (QED) is 0.734. The van der Waals surface area contributed by atoms with E-state index >= 15 is 0 Å². The second kappa shape index (κ2) is 4.60. The summed E-state index contributed by atoms with van der Waals surface area (Å²) < 4.78 is 0. The molecule has 3 nitrogen and oxygen atoms in total. The van der Waals surface area contributed by atoms with Crippen LogP contribution < -0.4 is 0 Å². The van der Waals surface area contributed by atoms with Crippen LogP contribution in [0.4, 0.5) is 0 Å². The van der Waals surface area contributed by atoms with Gasteiger partial charge in [0.2, 0.25) is 5.91 Å². The number of carbonyl (C=O) groups excluding carboxylic acids is 1. The van der Waals surface area contributed by atoms with Crippen LogP contribution in [0.25, 0.3) is 0 Å². The molecule has 17 heavy (non-hydrogen) atoms. The van der Waals surface area contributed by atoms with Crippen molar-refractivity contribution in [2.45, 2.75) is 46.6 Å². The Hall–Kier alpha value is -0.570. The molecule has 0 aliphatic carbocycles. The van der Waals surface area contributed by atoms with Gasteiger partial charge in [-0.05, 0) is 33.2 Å². The summed E-state index contributed by atoms with van der Waals surface area (Å²) in [6.45, 7) is 12.9. The van der Waals surface area contributed by atoms with E-state index < -0.39 is 0 Å². The molecule has 0 saturated carbocycles. The first-order chi connectivity index (χ1) is 7.93. The first-order valence-corrected chi connectivity index (χ1v) is 6.96. The lowest BCUT2D eigenvalue weighted by atomic mass is 9.86. The molecular formula is C14H26N2O. The van der Waals surface area contributed by atoms with Crippen LogP contribution in [0.1, 0.15) is 40.5 Å². The van der Waals surface area contributed by atoms with E-state index in [0.717, 1.165) is 13.1 Å². The van der Waals surface area contributed by atoms with Crippen molar-refractivity contribution in [2.75, 3.05) is 26.2 Å². The van der Waals surface area contributed by atoms with Gasteiger partial charge in [-0.15, -0.1) is 0 Å². The standard InChI is InChI=1S/C14H26N2O/c1-11(2)13(17)16-8-6-14(10-16)5-7-15(9-14)12(3)4/h11-12H,5-10H2,1-4H3. The lowest BCUT2D eigenvalue weighted by Crippen LogP contribution is -2.37. The van der Waals surface area contributed by atoms with Crippen LogP contribution in [0.15, 0.2) is 0 Å². The Kier molecular flexibility index (Phi) is 3.48. The Bertz CT molecular complexity index is 301. The Labute approximate surface area is 105 Å². The maximum absolute atomic E-state index is 12.0. The van der Waals surface area contributed by atoms with E-state index in [4.69, 9.17) is 0 Å². The van der Waals surface area contributed by atoms with E-state index in [2.05, 4.69) is 23.6 Å².